The number of para-hydroxylation sites is 1. The normalized spacial score (nSPS) is 23.4. The molecule has 3 nitrogen and oxygen atoms in total. The fourth-order valence-electron chi connectivity index (χ4n) is 2.84. The van der Waals surface area contributed by atoms with Crippen LogP contribution in [-0.4, -0.2) is 19.0 Å². The van der Waals surface area contributed by atoms with Crippen molar-refractivity contribution in [1.29, 1.82) is 0 Å². The lowest BCUT2D eigenvalue weighted by Crippen LogP contribution is -2.41. The Morgan fingerprint density at radius 3 is 2.60 bits per heavy atom. The Bertz CT molecular complexity index is 476. The van der Waals surface area contributed by atoms with E-state index in [1.165, 1.54) is 5.56 Å². The van der Waals surface area contributed by atoms with E-state index < -0.39 is 0 Å². The summed E-state index contributed by atoms with van der Waals surface area (Å²) in [6, 6.07) is 8.10. The van der Waals surface area contributed by atoms with Gasteiger partial charge in [-0.15, -0.1) is 0 Å². The Morgan fingerprint density at radius 1 is 1.25 bits per heavy atom. The molecule has 1 aliphatic rings. The van der Waals surface area contributed by atoms with Crippen molar-refractivity contribution >= 4 is 11.6 Å². The van der Waals surface area contributed by atoms with Gasteiger partial charge >= 0.3 is 0 Å². The number of carbonyl (C=O) groups is 1. The summed E-state index contributed by atoms with van der Waals surface area (Å²) in [5.74, 6) is 0.782. The summed E-state index contributed by atoms with van der Waals surface area (Å²) in [6.07, 6.45) is 0.969. The van der Waals surface area contributed by atoms with Crippen molar-refractivity contribution in [3.63, 3.8) is 0 Å². The van der Waals surface area contributed by atoms with Crippen molar-refractivity contribution in [2.24, 2.45) is 11.8 Å². The summed E-state index contributed by atoms with van der Waals surface area (Å²) in [5, 5.41) is 6.46. The van der Waals surface area contributed by atoms with Gasteiger partial charge < -0.3 is 10.6 Å². The van der Waals surface area contributed by atoms with Crippen LogP contribution in [0.4, 0.5) is 5.69 Å². The molecule has 1 fully saturated rings. The second kappa shape index (κ2) is 5.96. The van der Waals surface area contributed by atoms with E-state index in [2.05, 4.69) is 44.4 Å². The highest BCUT2D eigenvalue weighted by molar-refractivity contribution is 5.93. The van der Waals surface area contributed by atoms with Crippen molar-refractivity contribution in [3.8, 4) is 0 Å². The van der Waals surface area contributed by atoms with Gasteiger partial charge in [0, 0.05) is 12.2 Å². The molecular formula is C17H26N2O. The van der Waals surface area contributed by atoms with Crippen LogP contribution in [0.25, 0.3) is 0 Å². The van der Waals surface area contributed by atoms with Gasteiger partial charge in [0.1, 0.15) is 0 Å². The van der Waals surface area contributed by atoms with Crippen LogP contribution in [0.2, 0.25) is 0 Å². The summed E-state index contributed by atoms with van der Waals surface area (Å²) in [5.41, 5.74) is 2.16. The molecule has 0 saturated carbocycles. The van der Waals surface area contributed by atoms with E-state index in [9.17, 15) is 4.79 Å². The van der Waals surface area contributed by atoms with Crippen molar-refractivity contribution in [2.75, 3.05) is 18.4 Å². The fraction of sp³-hybridized carbons (Fsp3) is 0.588. The second-order valence-corrected chi connectivity index (χ2v) is 6.98. The number of carbonyl (C=O) groups excluding carboxylic acids is 1. The molecule has 0 aliphatic carbocycles. The molecule has 1 heterocycles. The second-order valence-electron chi connectivity index (χ2n) is 6.98. The van der Waals surface area contributed by atoms with Crippen molar-refractivity contribution in [1.82, 2.24) is 5.32 Å². The third-order valence-electron chi connectivity index (χ3n) is 3.93. The molecule has 2 unspecified atom stereocenters. The summed E-state index contributed by atoms with van der Waals surface area (Å²) < 4.78 is 0. The van der Waals surface area contributed by atoms with Crippen LogP contribution < -0.4 is 10.6 Å². The van der Waals surface area contributed by atoms with Gasteiger partial charge in [0.15, 0.2) is 0 Å². The molecular weight excluding hydrogens is 248 g/mol. The topological polar surface area (TPSA) is 41.1 Å². The minimum atomic E-state index is 0.0297. The maximum Gasteiger partial charge on any atom is 0.228 e. The minimum Gasteiger partial charge on any atom is -0.326 e. The van der Waals surface area contributed by atoms with Crippen molar-refractivity contribution < 1.29 is 4.79 Å². The van der Waals surface area contributed by atoms with Crippen molar-refractivity contribution in [2.45, 2.75) is 39.5 Å². The first kappa shape index (κ1) is 15.0. The Kier molecular flexibility index (Phi) is 4.48. The van der Waals surface area contributed by atoms with Crippen LogP contribution in [0.5, 0.6) is 0 Å². The Morgan fingerprint density at radius 2 is 1.95 bits per heavy atom. The van der Waals surface area contributed by atoms with Crippen LogP contribution in [0.1, 0.15) is 39.7 Å². The predicted molar refractivity (Wildman–Crippen MR) is 83.9 cm³/mol. The zero-order chi connectivity index (χ0) is 14.8. The summed E-state index contributed by atoms with van der Waals surface area (Å²) in [7, 11) is 0. The van der Waals surface area contributed by atoms with Crippen LogP contribution in [-0.2, 0) is 10.2 Å². The monoisotopic (exact) mass is 274 g/mol. The quantitative estimate of drug-likeness (QED) is 0.869. The highest BCUT2D eigenvalue weighted by Crippen LogP contribution is 2.30. The molecule has 3 heteroatoms. The first-order valence-corrected chi connectivity index (χ1v) is 7.49. The number of rotatable bonds is 2. The van der Waals surface area contributed by atoms with E-state index in [-0.39, 0.29) is 17.2 Å². The summed E-state index contributed by atoms with van der Waals surface area (Å²) in [6.45, 7) is 10.5. The number of benzene rings is 1. The number of hydrogen-bond donors (Lipinski definition) is 2. The zero-order valence-corrected chi connectivity index (χ0v) is 13.0. The van der Waals surface area contributed by atoms with E-state index >= 15 is 0 Å². The lowest BCUT2D eigenvalue weighted by atomic mass is 9.85. The predicted octanol–water partition coefficient (Wildman–Crippen LogP) is 3.17. The third kappa shape index (κ3) is 3.60. The van der Waals surface area contributed by atoms with E-state index in [0.717, 1.165) is 25.2 Å². The molecule has 110 valence electrons. The molecule has 0 aromatic heterocycles. The van der Waals surface area contributed by atoms with Gasteiger partial charge in [0.05, 0.1) is 5.92 Å². The van der Waals surface area contributed by atoms with Crippen LogP contribution in [0.15, 0.2) is 24.3 Å². The average Bonchev–Trinajstić information content (AvgIpc) is 2.38. The van der Waals surface area contributed by atoms with E-state index in [1.54, 1.807) is 0 Å². The third-order valence-corrected chi connectivity index (χ3v) is 3.93. The van der Waals surface area contributed by atoms with Crippen LogP contribution in [0, 0.1) is 11.8 Å². The standard InChI is InChI=1S/C17H26N2O/c1-12-9-13(11-18-10-12)16(20)19-15-8-6-5-7-14(15)17(2,3)4/h5-8,12-13,18H,9-11H2,1-4H3,(H,19,20). The highest BCUT2D eigenvalue weighted by Gasteiger charge is 2.26. The maximum atomic E-state index is 12.4. The lowest BCUT2D eigenvalue weighted by molar-refractivity contribution is -0.120. The molecule has 0 spiro atoms. The van der Waals surface area contributed by atoms with Gasteiger partial charge in [-0.25, -0.2) is 0 Å². The number of amides is 1. The molecule has 1 aromatic rings. The molecule has 2 N–H and O–H groups in total. The minimum absolute atomic E-state index is 0.0297. The molecule has 0 radical (unpaired) electrons. The first-order chi connectivity index (χ1) is 9.38. The zero-order valence-electron chi connectivity index (χ0n) is 13.0. The molecule has 20 heavy (non-hydrogen) atoms. The fourth-order valence-corrected chi connectivity index (χ4v) is 2.84. The van der Waals surface area contributed by atoms with Gasteiger partial charge in [-0.1, -0.05) is 45.9 Å². The number of anilines is 1. The molecule has 2 atom stereocenters. The largest absolute Gasteiger partial charge is 0.326 e. The van der Waals surface area contributed by atoms with E-state index in [1.807, 2.05) is 18.2 Å². The Hall–Kier alpha value is -1.35. The van der Waals surface area contributed by atoms with E-state index in [4.69, 9.17) is 0 Å². The maximum absolute atomic E-state index is 12.4. The molecule has 1 saturated heterocycles. The number of piperidine rings is 1. The molecule has 0 bridgehead atoms. The average molecular weight is 274 g/mol. The first-order valence-electron chi connectivity index (χ1n) is 7.49. The number of nitrogens with one attached hydrogen (secondary N) is 2. The van der Waals surface area contributed by atoms with Crippen molar-refractivity contribution in [3.05, 3.63) is 29.8 Å². The highest BCUT2D eigenvalue weighted by atomic mass is 16.1. The Balaban J connectivity index is 2.12. The number of hydrogen-bond acceptors (Lipinski definition) is 2. The van der Waals surface area contributed by atoms with Gasteiger partial charge in [-0.2, -0.15) is 0 Å². The summed E-state index contributed by atoms with van der Waals surface area (Å²) in [4.78, 5) is 12.4. The molecule has 1 amide bonds. The van der Waals surface area contributed by atoms with Gasteiger partial charge in [0.2, 0.25) is 5.91 Å². The lowest BCUT2D eigenvalue weighted by Gasteiger charge is -2.28. The molecule has 1 aliphatic heterocycles. The van der Waals surface area contributed by atoms with Gasteiger partial charge in [-0.3, -0.25) is 4.79 Å². The van der Waals surface area contributed by atoms with E-state index in [0.29, 0.717) is 5.92 Å². The molecule has 1 aromatic carbocycles. The van der Waals surface area contributed by atoms with Crippen LogP contribution in [0.3, 0.4) is 0 Å². The molecule has 2 rings (SSSR count). The van der Waals surface area contributed by atoms with Gasteiger partial charge in [-0.05, 0) is 35.9 Å². The Labute approximate surface area is 122 Å². The van der Waals surface area contributed by atoms with Gasteiger partial charge in [0.25, 0.3) is 0 Å². The smallest absolute Gasteiger partial charge is 0.228 e. The SMILES string of the molecule is CC1CNCC(C(=O)Nc2ccccc2C(C)(C)C)C1. The van der Waals surface area contributed by atoms with Crippen LogP contribution >= 0.6 is 0 Å². The summed E-state index contributed by atoms with van der Waals surface area (Å²) >= 11 is 0.